The number of nitrogens with zero attached hydrogens (tertiary/aromatic N) is 6. The maximum absolute atomic E-state index is 8.65. The highest BCUT2D eigenvalue weighted by Gasteiger charge is 1.95. The molecule has 5 aromatic rings. The lowest BCUT2D eigenvalue weighted by Gasteiger charge is -1.96. The Kier molecular flexibility index (Phi) is 8.30. The second-order valence-electron chi connectivity index (χ2n) is 6.25. The van der Waals surface area contributed by atoms with Crippen LogP contribution in [0.2, 0.25) is 0 Å². The maximum Gasteiger partial charge on any atom is 0.119 e. The summed E-state index contributed by atoms with van der Waals surface area (Å²) < 4.78 is 0. The molecule has 5 rings (SSSR count). The van der Waals surface area contributed by atoms with E-state index in [9.17, 15) is 0 Å². The van der Waals surface area contributed by atoms with Crippen molar-refractivity contribution in [2.45, 2.75) is 0 Å². The van der Waals surface area contributed by atoms with E-state index in [2.05, 4.69) is 29.9 Å². The lowest BCUT2D eigenvalue weighted by Crippen LogP contribution is -1.81. The first-order valence-corrected chi connectivity index (χ1v) is 9.51. The summed E-state index contributed by atoms with van der Waals surface area (Å²) in [6, 6.07) is 13.6. The zero-order chi connectivity index (χ0) is 22.4. The average Bonchev–Trinajstić information content (AvgIpc) is 2.87. The molecule has 0 atom stereocenters. The molecule has 158 valence electrons. The normalized spacial score (nSPS) is 9.50. The van der Waals surface area contributed by atoms with Crippen LogP contribution in [0.15, 0.2) is 111 Å². The molecule has 0 aliphatic rings. The number of phenolic OH excluding ortho intramolecular Hbond substituents is 2. The lowest BCUT2D eigenvalue weighted by atomic mass is 10.1. The monoisotopic (exact) mass is 424 g/mol. The van der Waals surface area contributed by atoms with Crippen molar-refractivity contribution in [2.24, 2.45) is 0 Å². The fourth-order valence-electron chi connectivity index (χ4n) is 2.48. The molecule has 8 nitrogen and oxygen atoms in total. The minimum absolute atomic E-state index is 0.0880. The molecular weight excluding hydrogens is 404 g/mol. The topological polar surface area (TPSA) is 118 Å². The molecule has 2 N–H and O–H groups in total. The molecular formula is C24H20N6O2. The number of benzene rings is 1. The Bertz CT molecular complexity index is 1010. The Morgan fingerprint density at radius 2 is 0.812 bits per heavy atom. The van der Waals surface area contributed by atoms with Crippen LogP contribution in [-0.2, 0) is 0 Å². The molecule has 0 unspecified atom stereocenters. The van der Waals surface area contributed by atoms with E-state index in [4.69, 9.17) is 10.2 Å². The second-order valence-corrected chi connectivity index (χ2v) is 6.25. The van der Waals surface area contributed by atoms with Crippen molar-refractivity contribution in [1.29, 1.82) is 0 Å². The smallest absolute Gasteiger partial charge is 0.119 e. The van der Waals surface area contributed by atoms with Gasteiger partial charge in [0.1, 0.15) is 24.2 Å². The van der Waals surface area contributed by atoms with Crippen molar-refractivity contribution in [1.82, 2.24) is 29.9 Å². The zero-order valence-electron chi connectivity index (χ0n) is 17.0. The number of phenols is 2. The summed E-state index contributed by atoms with van der Waals surface area (Å²) in [5, 5.41) is 17.3. The van der Waals surface area contributed by atoms with Crippen molar-refractivity contribution >= 4 is 0 Å². The van der Waals surface area contributed by atoms with Crippen LogP contribution >= 0.6 is 0 Å². The SMILES string of the molecule is Oc1cccc(O)c1.c1cc(-c2cncnc2)ccn1.c1cc(-c2cncnc2)ccn1. The van der Waals surface area contributed by atoms with Gasteiger partial charge < -0.3 is 10.2 Å². The third-order valence-corrected chi connectivity index (χ3v) is 3.98. The molecule has 0 saturated carbocycles. The summed E-state index contributed by atoms with van der Waals surface area (Å²) in [5.74, 6) is 0.176. The van der Waals surface area contributed by atoms with Crippen molar-refractivity contribution in [3.05, 3.63) is 111 Å². The largest absolute Gasteiger partial charge is 0.508 e. The average molecular weight is 424 g/mol. The second kappa shape index (κ2) is 12.1. The number of hydrogen-bond acceptors (Lipinski definition) is 8. The van der Waals surface area contributed by atoms with Crippen LogP contribution in [0.4, 0.5) is 0 Å². The van der Waals surface area contributed by atoms with Crippen LogP contribution in [-0.4, -0.2) is 40.1 Å². The molecule has 32 heavy (non-hydrogen) atoms. The van der Waals surface area contributed by atoms with Crippen LogP contribution in [0.25, 0.3) is 22.3 Å². The number of rotatable bonds is 2. The van der Waals surface area contributed by atoms with E-state index >= 15 is 0 Å². The van der Waals surface area contributed by atoms with Gasteiger partial charge in [-0.25, -0.2) is 19.9 Å². The van der Waals surface area contributed by atoms with Gasteiger partial charge in [0.15, 0.2) is 0 Å². The van der Waals surface area contributed by atoms with Crippen LogP contribution < -0.4 is 0 Å². The predicted molar refractivity (Wildman–Crippen MR) is 120 cm³/mol. The number of pyridine rings is 2. The minimum atomic E-state index is 0.0880. The molecule has 8 heteroatoms. The molecule has 0 spiro atoms. The first-order valence-electron chi connectivity index (χ1n) is 9.51. The molecule has 0 fully saturated rings. The molecule has 4 aromatic heterocycles. The first kappa shape index (κ1) is 22.0. The number of hydrogen-bond donors (Lipinski definition) is 2. The molecule has 4 heterocycles. The van der Waals surface area contributed by atoms with E-state index in [1.807, 2.05) is 24.3 Å². The van der Waals surface area contributed by atoms with Gasteiger partial charge in [-0.3, -0.25) is 9.97 Å². The van der Waals surface area contributed by atoms with Crippen molar-refractivity contribution in [3.8, 4) is 33.8 Å². The third-order valence-electron chi connectivity index (χ3n) is 3.98. The number of aromatic hydroxyl groups is 2. The predicted octanol–water partition coefficient (Wildman–Crippen LogP) is 4.18. The summed E-state index contributed by atoms with van der Waals surface area (Å²) in [6.07, 6.45) is 17.2. The fraction of sp³-hybridized carbons (Fsp3) is 0. The highest BCUT2D eigenvalue weighted by molar-refractivity contribution is 5.60. The zero-order valence-corrected chi connectivity index (χ0v) is 17.0. The van der Waals surface area contributed by atoms with E-state index in [-0.39, 0.29) is 11.5 Å². The highest BCUT2D eigenvalue weighted by atomic mass is 16.3. The summed E-state index contributed by atoms with van der Waals surface area (Å²) in [5.41, 5.74) is 4.20. The van der Waals surface area contributed by atoms with Crippen molar-refractivity contribution in [3.63, 3.8) is 0 Å². The number of aromatic nitrogens is 6. The Hall–Kier alpha value is -4.72. The third kappa shape index (κ3) is 7.27. The molecule has 0 amide bonds. The quantitative estimate of drug-likeness (QED) is 0.433. The Labute approximate surface area is 185 Å². The summed E-state index contributed by atoms with van der Waals surface area (Å²) in [6.45, 7) is 0. The Morgan fingerprint density at radius 1 is 0.438 bits per heavy atom. The molecule has 0 bridgehead atoms. The van der Waals surface area contributed by atoms with Gasteiger partial charge in [0.05, 0.1) is 0 Å². The summed E-state index contributed by atoms with van der Waals surface area (Å²) >= 11 is 0. The van der Waals surface area contributed by atoms with Crippen LogP contribution in [0, 0.1) is 0 Å². The Morgan fingerprint density at radius 3 is 1.12 bits per heavy atom. The van der Waals surface area contributed by atoms with Gasteiger partial charge in [0, 0.05) is 66.8 Å². The molecule has 0 aliphatic heterocycles. The van der Waals surface area contributed by atoms with Crippen LogP contribution in [0.1, 0.15) is 0 Å². The summed E-state index contributed by atoms with van der Waals surface area (Å²) in [4.78, 5) is 23.6. The van der Waals surface area contributed by atoms with E-state index in [0.29, 0.717) is 0 Å². The standard InChI is InChI=1S/2C9H7N3.C6H6O2/c2*1-3-10-4-2-8(1)9-5-11-7-12-6-9;7-5-2-1-3-6(8)4-5/h2*1-7H;1-4,7-8H. The molecule has 1 aromatic carbocycles. The van der Waals surface area contributed by atoms with Gasteiger partial charge in [0.2, 0.25) is 0 Å². The first-order chi connectivity index (χ1) is 15.7. The van der Waals surface area contributed by atoms with Crippen molar-refractivity contribution < 1.29 is 10.2 Å². The maximum atomic E-state index is 8.65. The van der Waals surface area contributed by atoms with E-state index in [0.717, 1.165) is 22.3 Å². The van der Waals surface area contributed by atoms with E-state index in [1.165, 1.54) is 30.9 Å². The van der Waals surface area contributed by atoms with Crippen LogP contribution in [0.3, 0.4) is 0 Å². The van der Waals surface area contributed by atoms with Gasteiger partial charge in [-0.1, -0.05) is 6.07 Å². The van der Waals surface area contributed by atoms with Gasteiger partial charge >= 0.3 is 0 Å². The van der Waals surface area contributed by atoms with Crippen molar-refractivity contribution in [2.75, 3.05) is 0 Å². The summed E-state index contributed by atoms with van der Waals surface area (Å²) in [7, 11) is 0. The van der Waals surface area contributed by atoms with E-state index in [1.54, 1.807) is 55.6 Å². The Balaban J connectivity index is 0.000000139. The highest BCUT2D eigenvalue weighted by Crippen LogP contribution is 2.16. The van der Waals surface area contributed by atoms with Gasteiger partial charge in [-0.05, 0) is 47.5 Å². The molecule has 0 saturated heterocycles. The van der Waals surface area contributed by atoms with Crippen LogP contribution in [0.5, 0.6) is 11.5 Å². The fourth-order valence-corrected chi connectivity index (χ4v) is 2.48. The minimum Gasteiger partial charge on any atom is -0.508 e. The molecule has 0 radical (unpaired) electrons. The van der Waals surface area contributed by atoms with E-state index < -0.39 is 0 Å². The van der Waals surface area contributed by atoms with Gasteiger partial charge in [-0.15, -0.1) is 0 Å². The van der Waals surface area contributed by atoms with Gasteiger partial charge in [-0.2, -0.15) is 0 Å². The van der Waals surface area contributed by atoms with Gasteiger partial charge in [0.25, 0.3) is 0 Å². The lowest BCUT2D eigenvalue weighted by molar-refractivity contribution is 0.450. The molecule has 0 aliphatic carbocycles.